The van der Waals surface area contributed by atoms with Crippen LogP contribution < -0.4 is 14.9 Å². The number of ether oxygens (including phenoxy) is 1. The number of carbonyl (C=O) groups is 1. The standard InChI is InChI=1S/C46H57ClF3N5O6S3/c1-43(2)16-14-39(44-30-45(47,31-44)32-44)34(27-43)28-54-18-20-55(21-19-54)36-10-8-33(9-11-36)42(56)52-64(59,60)38-12-13-40(41(26-38)63(57,58)46(48,49)50)51-35(15-17-53-22-24-61-25-23-53)29-62-37-6-4-3-5-7-37/h3-13,26,35,51H,14-25,27-32H2,1-2H3,(H,52,56). The SMILES string of the molecule is CC1(C)CCC(C23CC(Cl)(C2)C3)=C(CN2CCN(c3ccc(C(=O)NS(=O)(=O)c4ccc(NC(CCN5CCOCC5)CSc5ccccc5)c(S(=O)(=O)C(F)(F)F)c4)cc3)CC2)C1. The molecule has 0 spiro atoms. The minimum absolute atomic E-state index is 0.0121. The molecule has 3 aromatic rings. The zero-order valence-corrected chi connectivity index (χ0v) is 39.5. The largest absolute Gasteiger partial charge is 0.501 e. The van der Waals surface area contributed by atoms with Crippen LogP contribution in [0.15, 0.2) is 98.6 Å². The minimum Gasteiger partial charge on any atom is -0.380 e. The van der Waals surface area contributed by atoms with Gasteiger partial charge in [0.15, 0.2) is 0 Å². The van der Waals surface area contributed by atoms with Crippen molar-refractivity contribution in [3.8, 4) is 0 Å². The Hall–Kier alpha value is -3.32. The molecule has 0 radical (unpaired) electrons. The van der Waals surface area contributed by atoms with Gasteiger partial charge in [-0.05, 0) is 110 Å². The lowest BCUT2D eigenvalue weighted by atomic mass is 9.39. The van der Waals surface area contributed by atoms with Gasteiger partial charge in [0.25, 0.3) is 25.8 Å². The lowest BCUT2D eigenvalue weighted by Crippen LogP contribution is -2.65. The predicted octanol–water partition coefficient (Wildman–Crippen LogP) is 8.18. The lowest BCUT2D eigenvalue weighted by Gasteiger charge is -2.70. The van der Waals surface area contributed by atoms with E-state index in [-0.39, 0.29) is 15.9 Å². The van der Waals surface area contributed by atoms with Gasteiger partial charge in [0.2, 0.25) is 0 Å². The Labute approximate surface area is 384 Å². The third-order valence-electron chi connectivity index (χ3n) is 13.6. The average molecular weight is 965 g/mol. The van der Waals surface area contributed by atoms with Gasteiger partial charge < -0.3 is 15.0 Å². The molecule has 11 nitrogen and oxygen atoms in total. The second kappa shape index (κ2) is 18.4. The molecule has 3 saturated carbocycles. The van der Waals surface area contributed by atoms with Crippen molar-refractivity contribution in [1.29, 1.82) is 0 Å². The Morgan fingerprint density at radius 3 is 2.20 bits per heavy atom. The van der Waals surface area contributed by atoms with Crippen molar-refractivity contribution in [2.75, 3.05) is 81.5 Å². The summed E-state index contributed by atoms with van der Waals surface area (Å²) in [5.41, 5.74) is -1.37. The van der Waals surface area contributed by atoms with Gasteiger partial charge in [0.05, 0.1) is 23.8 Å². The van der Waals surface area contributed by atoms with Crippen molar-refractivity contribution in [2.24, 2.45) is 10.8 Å². The molecule has 1 unspecified atom stereocenters. The Balaban J connectivity index is 0.924. The number of alkyl halides is 4. The summed E-state index contributed by atoms with van der Waals surface area (Å²) in [6.45, 7) is 12.0. The Morgan fingerprint density at radius 2 is 1.56 bits per heavy atom. The van der Waals surface area contributed by atoms with E-state index in [0.29, 0.717) is 56.5 Å². The molecule has 2 bridgehead atoms. The Bertz CT molecular complexity index is 2420. The molecule has 1 amide bonds. The number of carbonyl (C=O) groups excluding carboxylic acids is 1. The average Bonchev–Trinajstić information content (AvgIpc) is 3.23. The van der Waals surface area contributed by atoms with Gasteiger partial charge in [0, 0.05) is 85.2 Å². The number of anilines is 2. The highest BCUT2D eigenvalue weighted by Crippen LogP contribution is 2.75. The van der Waals surface area contributed by atoms with Gasteiger partial charge in [-0.2, -0.15) is 13.2 Å². The third-order valence-corrected chi connectivity index (χ3v) is 18.0. The molecule has 9 rings (SSSR count). The normalized spacial score (nSPS) is 24.7. The number of nitrogens with one attached hydrogen (secondary N) is 2. The molecule has 2 aliphatic heterocycles. The van der Waals surface area contributed by atoms with E-state index in [9.17, 15) is 34.8 Å². The smallest absolute Gasteiger partial charge is 0.380 e. The van der Waals surface area contributed by atoms with E-state index in [1.54, 1.807) is 23.3 Å². The molecule has 2 N–H and O–H groups in total. The van der Waals surface area contributed by atoms with Crippen LogP contribution in [0.25, 0.3) is 0 Å². The summed E-state index contributed by atoms with van der Waals surface area (Å²) in [4.78, 5) is 19.1. The first-order chi connectivity index (χ1) is 30.2. The minimum atomic E-state index is -6.05. The van der Waals surface area contributed by atoms with Gasteiger partial charge in [-0.15, -0.1) is 23.4 Å². The van der Waals surface area contributed by atoms with Crippen LogP contribution in [-0.4, -0.2) is 120 Å². The van der Waals surface area contributed by atoms with Gasteiger partial charge in [-0.1, -0.05) is 43.2 Å². The molecule has 2 saturated heterocycles. The summed E-state index contributed by atoms with van der Waals surface area (Å²) in [6.07, 6.45) is 7.26. The fourth-order valence-electron chi connectivity index (χ4n) is 10.1. The number of allylic oxidation sites excluding steroid dienone is 1. The maximum atomic E-state index is 14.2. The van der Waals surface area contributed by atoms with E-state index >= 15 is 0 Å². The van der Waals surface area contributed by atoms with Crippen molar-refractivity contribution >= 4 is 60.5 Å². The molecule has 18 heteroatoms. The van der Waals surface area contributed by atoms with E-state index in [2.05, 4.69) is 33.9 Å². The second-order valence-corrected chi connectivity index (χ2v) is 24.4. The van der Waals surface area contributed by atoms with Crippen LogP contribution >= 0.6 is 23.4 Å². The molecule has 6 aliphatic rings. The molecule has 3 aromatic carbocycles. The number of sulfonamides is 1. The number of rotatable bonds is 16. The van der Waals surface area contributed by atoms with Crippen LogP contribution in [0.2, 0.25) is 0 Å². The predicted molar refractivity (Wildman–Crippen MR) is 245 cm³/mol. The number of piperazine rings is 1. The summed E-state index contributed by atoms with van der Waals surface area (Å²) < 4.78 is 103. The number of morpholine rings is 1. The first kappa shape index (κ1) is 47.2. The fraction of sp³-hybridized carbons (Fsp3) is 0.543. The van der Waals surface area contributed by atoms with E-state index in [4.69, 9.17) is 16.3 Å². The molecular formula is C46H57ClF3N5O6S3. The zero-order valence-electron chi connectivity index (χ0n) is 36.3. The van der Waals surface area contributed by atoms with Crippen LogP contribution in [0.1, 0.15) is 69.2 Å². The Morgan fingerprint density at radius 1 is 0.891 bits per heavy atom. The van der Waals surface area contributed by atoms with E-state index in [1.807, 2.05) is 35.1 Å². The number of nitrogens with zero attached hydrogens (tertiary/aromatic N) is 3. The number of sulfone groups is 1. The quantitative estimate of drug-likeness (QED) is 0.0820. The third kappa shape index (κ3) is 10.5. The maximum Gasteiger partial charge on any atom is 0.501 e. The van der Waals surface area contributed by atoms with E-state index < -0.39 is 52.8 Å². The van der Waals surface area contributed by atoms with Gasteiger partial charge in [-0.25, -0.2) is 21.6 Å². The molecule has 4 aliphatic carbocycles. The highest BCUT2D eigenvalue weighted by atomic mass is 35.5. The first-order valence-electron chi connectivity index (χ1n) is 22.0. The molecule has 1 atom stereocenters. The topological polar surface area (TPSA) is 128 Å². The molecular weight excluding hydrogens is 907 g/mol. The lowest BCUT2D eigenvalue weighted by molar-refractivity contribution is -0.0511. The summed E-state index contributed by atoms with van der Waals surface area (Å²) in [5.74, 6) is -0.636. The maximum absolute atomic E-state index is 14.2. The molecule has 348 valence electrons. The fourth-order valence-corrected chi connectivity index (χ4v) is 13.9. The van der Waals surface area contributed by atoms with Crippen LogP contribution in [0.3, 0.4) is 0 Å². The van der Waals surface area contributed by atoms with Gasteiger partial charge >= 0.3 is 5.51 Å². The van der Waals surface area contributed by atoms with Crippen molar-refractivity contribution in [2.45, 2.75) is 89.9 Å². The first-order valence-corrected chi connectivity index (χ1v) is 26.3. The van der Waals surface area contributed by atoms with E-state index in [1.165, 1.54) is 30.3 Å². The van der Waals surface area contributed by atoms with Crippen molar-refractivity contribution in [3.63, 3.8) is 0 Å². The molecule has 0 aromatic heterocycles. The summed E-state index contributed by atoms with van der Waals surface area (Å²) in [7, 11) is -10.9. The Kier molecular flexibility index (Phi) is 13.6. The zero-order chi connectivity index (χ0) is 45.5. The highest BCUT2D eigenvalue weighted by molar-refractivity contribution is 7.99. The number of amides is 1. The second-order valence-electron chi connectivity index (χ2n) is 18.9. The monoisotopic (exact) mass is 963 g/mol. The number of thioether (sulfide) groups is 1. The molecule has 2 heterocycles. The number of hydrogen-bond donors (Lipinski definition) is 2. The molecule has 5 fully saturated rings. The summed E-state index contributed by atoms with van der Waals surface area (Å²) >= 11 is 8.13. The van der Waals surface area contributed by atoms with Gasteiger partial charge in [0.1, 0.15) is 4.90 Å². The number of benzene rings is 3. The van der Waals surface area contributed by atoms with Crippen LogP contribution in [0, 0.1) is 10.8 Å². The number of hydrogen-bond acceptors (Lipinski definition) is 11. The van der Waals surface area contributed by atoms with Crippen molar-refractivity contribution in [1.82, 2.24) is 14.5 Å². The summed E-state index contributed by atoms with van der Waals surface area (Å²) in [6, 6.07) is 17.8. The van der Waals surface area contributed by atoms with Crippen LogP contribution in [-0.2, 0) is 24.6 Å². The highest BCUT2D eigenvalue weighted by Gasteiger charge is 2.68. The van der Waals surface area contributed by atoms with Crippen molar-refractivity contribution in [3.05, 3.63) is 89.5 Å². The van der Waals surface area contributed by atoms with Gasteiger partial charge in [-0.3, -0.25) is 14.6 Å². The van der Waals surface area contributed by atoms with Crippen molar-refractivity contribution < 1.29 is 39.5 Å². The van der Waals surface area contributed by atoms with Crippen LogP contribution in [0.4, 0.5) is 24.5 Å². The van der Waals surface area contributed by atoms with Crippen LogP contribution in [0.5, 0.6) is 0 Å². The molecule has 64 heavy (non-hydrogen) atoms. The van der Waals surface area contributed by atoms with E-state index in [0.717, 1.165) is 87.5 Å². The number of halogens is 4. The summed E-state index contributed by atoms with van der Waals surface area (Å²) in [5, 5.41) is 3.00.